The Morgan fingerprint density at radius 2 is 2.25 bits per heavy atom. The summed E-state index contributed by atoms with van der Waals surface area (Å²) in [6.45, 7) is 0. The summed E-state index contributed by atoms with van der Waals surface area (Å²) in [5.74, 6) is 6.29. The van der Waals surface area contributed by atoms with Crippen LogP contribution in [0.1, 0.15) is 25.3 Å². The Morgan fingerprint density at radius 3 is 2.88 bits per heavy atom. The fraction of sp³-hybridized carbons (Fsp3) is 0.364. The van der Waals surface area contributed by atoms with Crippen LogP contribution in [0.5, 0.6) is 0 Å². The topological polar surface area (TPSA) is 55.9 Å². The quantitative estimate of drug-likeness (QED) is 0.657. The number of nitrogens with two attached hydrogens (primary N) is 1. The van der Waals surface area contributed by atoms with E-state index in [0.29, 0.717) is 6.04 Å². The molecule has 0 saturated heterocycles. The molecule has 4 nitrogen and oxygen atoms in total. The van der Waals surface area contributed by atoms with Crippen molar-refractivity contribution in [2.24, 2.45) is 5.84 Å². The molecule has 0 radical (unpaired) electrons. The van der Waals surface area contributed by atoms with Crippen molar-refractivity contribution < 1.29 is 0 Å². The molecule has 0 spiro atoms. The van der Waals surface area contributed by atoms with Crippen molar-refractivity contribution in [3.63, 3.8) is 0 Å². The van der Waals surface area contributed by atoms with E-state index in [1.807, 2.05) is 12.1 Å². The molecule has 0 aliphatic heterocycles. The summed E-state index contributed by atoms with van der Waals surface area (Å²) >= 11 is 3.52. The summed E-state index contributed by atoms with van der Waals surface area (Å²) in [6.07, 6.45) is 3.72. The maximum absolute atomic E-state index is 5.53. The van der Waals surface area contributed by atoms with Crippen LogP contribution in [0.4, 0.5) is 5.95 Å². The lowest BCUT2D eigenvalue weighted by molar-refractivity contribution is 0.323. The van der Waals surface area contributed by atoms with Gasteiger partial charge in [-0.15, -0.1) is 0 Å². The Morgan fingerprint density at radius 1 is 1.44 bits per heavy atom. The van der Waals surface area contributed by atoms with Crippen LogP contribution in [-0.4, -0.2) is 9.55 Å². The molecule has 3 rings (SSSR count). The van der Waals surface area contributed by atoms with Crippen molar-refractivity contribution in [2.75, 3.05) is 5.43 Å². The number of hydrogen-bond acceptors (Lipinski definition) is 3. The second-order valence-corrected chi connectivity index (χ2v) is 5.00. The van der Waals surface area contributed by atoms with Gasteiger partial charge in [0.2, 0.25) is 5.95 Å². The van der Waals surface area contributed by atoms with Crippen molar-refractivity contribution >= 4 is 32.9 Å². The highest BCUT2D eigenvalue weighted by atomic mass is 79.9. The maximum atomic E-state index is 5.53. The third-order valence-electron chi connectivity index (χ3n) is 3.24. The first-order chi connectivity index (χ1) is 7.81. The van der Waals surface area contributed by atoms with E-state index in [1.165, 1.54) is 19.3 Å². The first-order valence-electron chi connectivity index (χ1n) is 5.44. The van der Waals surface area contributed by atoms with E-state index in [0.717, 1.165) is 21.5 Å². The molecule has 84 valence electrons. The third kappa shape index (κ3) is 1.35. The van der Waals surface area contributed by atoms with E-state index in [4.69, 9.17) is 5.84 Å². The first kappa shape index (κ1) is 10.1. The Hall–Kier alpha value is -1.07. The maximum Gasteiger partial charge on any atom is 0.218 e. The van der Waals surface area contributed by atoms with Gasteiger partial charge in [-0.3, -0.25) is 5.43 Å². The fourth-order valence-electron chi connectivity index (χ4n) is 2.20. The summed E-state index contributed by atoms with van der Waals surface area (Å²) in [5.41, 5.74) is 4.81. The Labute approximate surface area is 102 Å². The number of rotatable bonds is 2. The number of hydrazine groups is 1. The number of nitrogen functional groups attached to an aromatic ring is 1. The predicted molar refractivity (Wildman–Crippen MR) is 68.1 cm³/mol. The molecule has 16 heavy (non-hydrogen) atoms. The lowest BCUT2D eigenvalue weighted by atomic mass is 9.93. The van der Waals surface area contributed by atoms with Crippen LogP contribution in [0.25, 0.3) is 11.0 Å². The molecule has 2 aromatic rings. The predicted octanol–water partition coefficient (Wildman–Crippen LogP) is 2.81. The number of nitrogens with one attached hydrogen (secondary N) is 1. The highest BCUT2D eigenvalue weighted by Gasteiger charge is 2.24. The molecule has 1 saturated carbocycles. The van der Waals surface area contributed by atoms with E-state index >= 15 is 0 Å². The van der Waals surface area contributed by atoms with Gasteiger partial charge in [-0.2, -0.15) is 0 Å². The Kier molecular flexibility index (Phi) is 2.37. The van der Waals surface area contributed by atoms with Gasteiger partial charge in [0.05, 0.1) is 5.52 Å². The highest BCUT2D eigenvalue weighted by molar-refractivity contribution is 9.10. The molecule has 1 aromatic heterocycles. The van der Waals surface area contributed by atoms with Gasteiger partial charge in [0.25, 0.3) is 0 Å². The zero-order chi connectivity index (χ0) is 11.1. The van der Waals surface area contributed by atoms with Crippen LogP contribution in [0, 0.1) is 0 Å². The van der Waals surface area contributed by atoms with Gasteiger partial charge in [-0.05, 0) is 47.3 Å². The zero-order valence-corrected chi connectivity index (χ0v) is 10.4. The van der Waals surface area contributed by atoms with E-state index in [1.54, 1.807) is 0 Å². The Bertz CT molecular complexity index is 530. The molecule has 0 atom stereocenters. The number of anilines is 1. The minimum absolute atomic E-state index is 0.547. The molecule has 1 aromatic carbocycles. The molecule has 5 heteroatoms. The van der Waals surface area contributed by atoms with Gasteiger partial charge < -0.3 is 4.57 Å². The standard InChI is InChI=1S/C11H13BrN4/c12-8-5-2-6-9-10(8)14-11(15-13)16(9)7-3-1-4-7/h2,5-7H,1,3-4,13H2,(H,14,15). The van der Waals surface area contributed by atoms with Crippen LogP contribution in [0.3, 0.4) is 0 Å². The van der Waals surface area contributed by atoms with Gasteiger partial charge >= 0.3 is 0 Å². The van der Waals surface area contributed by atoms with Gasteiger partial charge in [-0.1, -0.05) is 6.07 Å². The van der Waals surface area contributed by atoms with Gasteiger partial charge in [0, 0.05) is 10.5 Å². The number of aromatic nitrogens is 2. The monoisotopic (exact) mass is 280 g/mol. The summed E-state index contributed by atoms with van der Waals surface area (Å²) in [7, 11) is 0. The zero-order valence-electron chi connectivity index (χ0n) is 8.78. The van der Waals surface area contributed by atoms with Crippen molar-refractivity contribution in [3.05, 3.63) is 22.7 Å². The smallest absolute Gasteiger partial charge is 0.218 e. The van der Waals surface area contributed by atoms with Crippen molar-refractivity contribution in [3.8, 4) is 0 Å². The fourth-order valence-corrected chi connectivity index (χ4v) is 2.64. The van der Waals surface area contributed by atoms with E-state index in [2.05, 4.69) is 37.0 Å². The van der Waals surface area contributed by atoms with Crippen molar-refractivity contribution in [2.45, 2.75) is 25.3 Å². The number of para-hydroxylation sites is 1. The highest BCUT2D eigenvalue weighted by Crippen LogP contribution is 2.38. The molecule has 0 bridgehead atoms. The molecule has 0 unspecified atom stereocenters. The minimum atomic E-state index is 0.547. The summed E-state index contributed by atoms with van der Waals surface area (Å²) in [5, 5.41) is 0. The van der Waals surface area contributed by atoms with Crippen LogP contribution in [-0.2, 0) is 0 Å². The lowest BCUT2D eigenvalue weighted by Crippen LogP contribution is -2.21. The molecular formula is C11H13BrN4. The van der Waals surface area contributed by atoms with E-state index in [9.17, 15) is 0 Å². The average molecular weight is 281 g/mol. The molecule has 1 aliphatic carbocycles. The summed E-state index contributed by atoms with van der Waals surface area (Å²) in [6, 6.07) is 6.67. The number of benzene rings is 1. The van der Waals surface area contributed by atoms with Crippen LogP contribution < -0.4 is 11.3 Å². The molecule has 1 heterocycles. The van der Waals surface area contributed by atoms with E-state index < -0.39 is 0 Å². The summed E-state index contributed by atoms with van der Waals surface area (Å²) < 4.78 is 3.23. The Balaban J connectivity index is 2.26. The molecule has 3 N–H and O–H groups in total. The van der Waals surface area contributed by atoms with Gasteiger partial charge in [-0.25, -0.2) is 10.8 Å². The molecule has 1 fully saturated rings. The number of imidazole rings is 1. The normalized spacial score (nSPS) is 16.4. The van der Waals surface area contributed by atoms with Gasteiger partial charge in [0.15, 0.2) is 0 Å². The third-order valence-corrected chi connectivity index (χ3v) is 3.88. The van der Waals surface area contributed by atoms with Crippen LogP contribution >= 0.6 is 15.9 Å². The van der Waals surface area contributed by atoms with Crippen LogP contribution in [0.15, 0.2) is 22.7 Å². The SMILES string of the molecule is NNc1nc2c(Br)cccc2n1C1CCC1. The molecule has 0 amide bonds. The number of nitrogens with zero attached hydrogens (tertiary/aromatic N) is 2. The second-order valence-electron chi connectivity index (χ2n) is 4.14. The van der Waals surface area contributed by atoms with Crippen molar-refractivity contribution in [1.29, 1.82) is 0 Å². The molecular weight excluding hydrogens is 268 g/mol. The molecule has 1 aliphatic rings. The summed E-state index contributed by atoms with van der Waals surface area (Å²) in [4.78, 5) is 4.51. The van der Waals surface area contributed by atoms with Gasteiger partial charge in [0.1, 0.15) is 5.52 Å². The first-order valence-corrected chi connectivity index (χ1v) is 6.23. The van der Waals surface area contributed by atoms with E-state index in [-0.39, 0.29) is 0 Å². The minimum Gasteiger partial charge on any atom is -0.306 e. The van der Waals surface area contributed by atoms with Crippen molar-refractivity contribution in [1.82, 2.24) is 9.55 Å². The number of fused-ring (bicyclic) bond motifs is 1. The average Bonchev–Trinajstić information content (AvgIpc) is 2.57. The van der Waals surface area contributed by atoms with Crippen LogP contribution in [0.2, 0.25) is 0 Å². The lowest BCUT2D eigenvalue weighted by Gasteiger charge is -2.28. The number of hydrogen-bond donors (Lipinski definition) is 2. The number of halogens is 1. The second kappa shape index (κ2) is 3.75. The largest absolute Gasteiger partial charge is 0.306 e.